The maximum absolute atomic E-state index is 13.3. The van der Waals surface area contributed by atoms with Crippen molar-refractivity contribution in [3.63, 3.8) is 0 Å². The quantitative estimate of drug-likeness (QED) is 0.0204. The molecule has 0 spiro atoms. The Bertz CT molecular complexity index is 1670. The van der Waals surface area contributed by atoms with Crippen molar-refractivity contribution < 1.29 is 64.6 Å². The second-order valence-corrected chi connectivity index (χ2v) is 25.0. The number of aliphatic hydroxyl groups is 8. The van der Waals surface area contributed by atoms with E-state index in [2.05, 4.69) is 67.8 Å². The molecular formula is C72H131NO13. The average molecular weight is 1220 g/mol. The van der Waals surface area contributed by atoms with Crippen molar-refractivity contribution in [1.82, 2.24) is 5.32 Å². The third kappa shape index (κ3) is 40.4. The fourth-order valence-corrected chi connectivity index (χ4v) is 11.6. The van der Waals surface area contributed by atoms with Crippen molar-refractivity contribution in [2.24, 2.45) is 0 Å². The van der Waals surface area contributed by atoms with E-state index in [0.29, 0.717) is 6.42 Å². The molecule has 0 aromatic rings. The van der Waals surface area contributed by atoms with Crippen molar-refractivity contribution in [1.29, 1.82) is 0 Å². The molecule has 86 heavy (non-hydrogen) atoms. The summed E-state index contributed by atoms with van der Waals surface area (Å²) in [5, 5.41) is 87.1. The first-order valence-corrected chi connectivity index (χ1v) is 35.5. The third-order valence-electron chi connectivity index (χ3n) is 17.2. The SMILES string of the molecule is CC/C=C\C/C=C\C/C=C\C/C=C\CCCCCCCCCCCCCCCCCCCCCCCCCCCCCCC(=O)NC(COC1OC(CO)C(OC2OC(CO)C(O)C(O)C2O)C(O)C1O)C(O)/C=C/CCCCCCCCCCC. The lowest BCUT2D eigenvalue weighted by Crippen LogP contribution is -2.65. The molecule has 2 aliphatic rings. The molecule has 12 unspecified atom stereocenters. The van der Waals surface area contributed by atoms with Crippen LogP contribution in [0.25, 0.3) is 0 Å². The number of rotatable bonds is 58. The Labute approximate surface area is 524 Å². The monoisotopic (exact) mass is 1220 g/mol. The van der Waals surface area contributed by atoms with E-state index in [-0.39, 0.29) is 18.9 Å². The fourth-order valence-electron chi connectivity index (χ4n) is 11.6. The highest BCUT2D eigenvalue weighted by molar-refractivity contribution is 5.76. The van der Waals surface area contributed by atoms with Gasteiger partial charge in [-0.1, -0.05) is 293 Å². The molecule has 14 nitrogen and oxygen atoms in total. The Morgan fingerprint density at radius 2 is 0.802 bits per heavy atom. The molecule has 1 amide bonds. The number of carbonyl (C=O) groups excluding carboxylic acids is 1. The standard InChI is InChI=1S/C72H131NO13/c1-3-5-7-9-11-13-15-16-17-18-19-20-21-22-23-24-25-26-27-28-29-30-31-32-33-34-35-36-37-38-39-40-41-42-43-44-46-48-50-52-54-56-64(77)73-60(61(76)55-53-51-49-47-45-14-12-10-8-6-4-2)59-83-71-69(82)67(80)70(63(58-75)85-71)86-72-68(81)66(79)65(78)62(57-74)84-72/h5,7,11,13,16-17,19-20,53,55,60-63,65-72,74-76,78-82H,3-4,6,8-10,12,14-15,18,21-52,54,56-59H2,1-2H3,(H,73,77)/b7-5-,13-11-,17-16-,20-19-,55-53+. The lowest BCUT2D eigenvalue weighted by atomic mass is 9.97. The van der Waals surface area contributed by atoms with Crippen molar-refractivity contribution in [3.05, 3.63) is 60.8 Å². The van der Waals surface area contributed by atoms with Gasteiger partial charge in [-0.3, -0.25) is 4.79 Å². The Balaban J connectivity index is 1.51. The number of aliphatic hydroxyl groups excluding tert-OH is 8. The van der Waals surface area contributed by atoms with Gasteiger partial charge in [-0.15, -0.1) is 0 Å². The van der Waals surface area contributed by atoms with Crippen LogP contribution in [0.4, 0.5) is 0 Å². The number of hydrogen-bond donors (Lipinski definition) is 9. The Morgan fingerprint density at radius 1 is 0.430 bits per heavy atom. The van der Waals surface area contributed by atoms with Crippen LogP contribution in [0.1, 0.15) is 296 Å². The molecule has 2 rings (SSSR count). The molecule has 0 saturated carbocycles. The first kappa shape index (κ1) is 79.8. The summed E-state index contributed by atoms with van der Waals surface area (Å²) in [4.78, 5) is 13.3. The predicted molar refractivity (Wildman–Crippen MR) is 350 cm³/mol. The minimum atomic E-state index is -1.79. The van der Waals surface area contributed by atoms with Gasteiger partial charge in [-0.2, -0.15) is 0 Å². The van der Waals surface area contributed by atoms with Gasteiger partial charge < -0.3 is 65.1 Å². The summed E-state index contributed by atoms with van der Waals surface area (Å²) in [7, 11) is 0. The molecule has 9 N–H and O–H groups in total. The van der Waals surface area contributed by atoms with Crippen LogP contribution in [0.3, 0.4) is 0 Å². The maximum Gasteiger partial charge on any atom is 0.220 e. The van der Waals surface area contributed by atoms with E-state index in [9.17, 15) is 45.6 Å². The fraction of sp³-hybridized carbons (Fsp3) is 0.847. The molecule has 0 radical (unpaired) electrons. The number of ether oxygens (including phenoxy) is 4. The number of amides is 1. The first-order chi connectivity index (χ1) is 42.1. The lowest BCUT2D eigenvalue weighted by molar-refractivity contribution is -0.359. The smallest absolute Gasteiger partial charge is 0.220 e. The van der Waals surface area contributed by atoms with Gasteiger partial charge in [-0.25, -0.2) is 0 Å². The zero-order chi connectivity index (χ0) is 62.3. The van der Waals surface area contributed by atoms with Gasteiger partial charge in [0, 0.05) is 6.42 Å². The van der Waals surface area contributed by atoms with E-state index < -0.39 is 86.8 Å². The van der Waals surface area contributed by atoms with Gasteiger partial charge in [0.1, 0.15) is 48.8 Å². The molecule has 2 aliphatic heterocycles. The highest BCUT2D eigenvalue weighted by Crippen LogP contribution is 2.30. The molecule has 0 aromatic carbocycles. The van der Waals surface area contributed by atoms with Gasteiger partial charge in [0.2, 0.25) is 5.91 Å². The van der Waals surface area contributed by atoms with Gasteiger partial charge in [0.05, 0.1) is 32.0 Å². The minimum absolute atomic E-state index is 0.236. The Hall–Kier alpha value is -2.31. The molecule has 0 aliphatic carbocycles. The molecule has 502 valence electrons. The van der Waals surface area contributed by atoms with Crippen molar-refractivity contribution >= 4 is 5.91 Å². The molecule has 2 heterocycles. The van der Waals surface area contributed by atoms with Crippen LogP contribution in [0.2, 0.25) is 0 Å². The highest BCUT2D eigenvalue weighted by Gasteiger charge is 2.51. The number of carbonyl (C=O) groups is 1. The molecule has 12 atom stereocenters. The largest absolute Gasteiger partial charge is 0.394 e. The van der Waals surface area contributed by atoms with Crippen LogP contribution >= 0.6 is 0 Å². The normalized spacial score (nSPS) is 23.7. The first-order valence-electron chi connectivity index (χ1n) is 35.5. The van der Waals surface area contributed by atoms with Crippen LogP contribution in [-0.2, 0) is 23.7 Å². The molecule has 0 bridgehead atoms. The van der Waals surface area contributed by atoms with Gasteiger partial charge >= 0.3 is 0 Å². The Kier molecular flexibility index (Phi) is 52.6. The predicted octanol–water partition coefficient (Wildman–Crippen LogP) is 14.5. The average Bonchev–Trinajstić information content (AvgIpc) is 1.60. The number of hydrogen-bond acceptors (Lipinski definition) is 13. The number of allylic oxidation sites excluding steroid dienone is 9. The summed E-state index contributed by atoms with van der Waals surface area (Å²) in [5.41, 5.74) is 0. The summed E-state index contributed by atoms with van der Waals surface area (Å²) >= 11 is 0. The van der Waals surface area contributed by atoms with Crippen LogP contribution in [0, 0.1) is 0 Å². The molecule has 2 saturated heterocycles. The van der Waals surface area contributed by atoms with Crippen LogP contribution in [0.5, 0.6) is 0 Å². The molecule has 2 fully saturated rings. The molecule has 14 heteroatoms. The van der Waals surface area contributed by atoms with Crippen molar-refractivity contribution in [2.75, 3.05) is 19.8 Å². The second kappa shape index (κ2) is 56.7. The zero-order valence-corrected chi connectivity index (χ0v) is 54.6. The van der Waals surface area contributed by atoms with Gasteiger partial charge in [0.15, 0.2) is 12.6 Å². The summed E-state index contributed by atoms with van der Waals surface area (Å²) in [6.07, 6.45) is 59.0. The summed E-state index contributed by atoms with van der Waals surface area (Å²) in [6, 6.07) is -0.912. The van der Waals surface area contributed by atoms with E-state index >= 15 is 0 Å². The highest BCUT2D eigenvalue weighted by atomic mass is 16.7. The summed E-state index contributed by atoms with van der Waals surface area (Å²) < 4.78 is 22.8. The third-order valence-corrected chi connectivity index (χ3v) is 17.2. The van der Waals surface area contributed by atoms with E-state index in [0.717, 1.165) is 64.2 Å². The van der Waals surface area contributed by atoms with Crippen LogP contribution in [-0.4, -0.2) is 140 Å². The van der Waals surface area contributed by atoms with Gasteiger partial charge in [0.25, 0.3) is 0 Å². The van der Waals surface area contributed by atoms with Crippen LogP contribution < -0.4 is 5.32 Å². The summed E-state index contributed by atoms with van der Waals surface area (Å²) in [5.74, 6) is -0.236. The Morgan fingerprint density at radius 3 is 1.23 bits per heavy atom. The number of nitrogens with one attached hydrogen (secondary N) is 1. The summed E-state index contributed by atoms with van der Waals surface area (Å²) in [6.45, 7) is 2.68. The minimum Gasteiger partial charge on any atom is -0.394 e. The number of unbranched alkanes of at least 4 members (excludes halogenated alkanes) is 37. The topological polar surface area (TPSA) is 228 Å². The van der Waals surface area contributed by atoms with E-state index in [1.54, 1.807) is 6.08 Å². The van der Waals surface area contributed by atoms with Crippen molar-refractivity contribution in [2.45, 2.75) is 370 Å². The second-order valence-electron chi connectivity index (χ2n) is 25.0. The van der Waals surface area contributed by atoms with E-state index in [1.165, 1.54) is 205 Å². The molecule has 0 aromatic heterocycles. The van der Waals surface area contributed by atoms with Crippen molar-refractivity contribution in [3.8, 4) is 0 Å². The van der Waals surface area contributed by atoms with E-state index in [1.807, 2.05) is 6.08 Å². The van der Waals surface area contributed by atoms with E-state index in [4.69, 9.17) is 18.9 Å². The maximum atomic E-state index is 13.3. The van der Waals surface area contributed by atoms with Gasteiger partial charge in [-0.05, 0) is 57.8 Å². The zero-order valence-electron chi connectivity index (χ0n) is 54.6. The molecular weight excluding hydrogens is 1090 g/mol. The lowest BCUT2D eigenvalue weighted by Gasteiger charge is -2.46. The van der Waals surface area contributed by atoms with Crippen LogP contribution in [0.15, 0.2) is 60.8 Å².